The van der Waals surface area contributed by atoms with Gasteiger partial charge < -0.3 is 5.32 Å². The number of rotatable bonds is 5. The average molecular weight is 420 g/mol. The Morgan fingerprint density at radius 3 is 2.23 bits per heavy atom. The van der Waals surface area contributed by atoms with Gasteiger partial charge in [-0.2, -0.15) is 0 Å². The molecule has 0 saturated carbocycles. The van der Waals surface area contributed by atoms with Crippen LogP contribution in [0, 0.1) is 0 Å². The first-order valence-corrected chi connectivity index (χ1v) is 9.72. The second-order valence-corrected chi connectivity index (χ2v) is 7.25. The summed E-state index contributed by atoms with van der Waals surface area (Å²) in [6.45, 7) is -0.130. The third-order valence-corrected chi connectivity index (χ3v) is 5.00. The monoisotopic (exact) mass is 419 g/mol. The largest absolute Gasteiger partial charge is 0.332 e. The number of hydrogen-bond donors (Lipinski definition) is 1. The molecule has 0 atom stereocenters. The molecule has 0 fully saturated rings. The van der Waals surface area contributed by atoms with E-state index >= 15 is 0 Å². The number of amides is 1. The van der Waals surface area contributed by atoms with Gasteiger partial charge in [0.1, 0.15) is 6.54 Å². The Balaban J connectivity index is 1.76. The first-order chi connectivity index (χ1) is 14.5. The van der Waals surface area contributed by atoms with E-state index in [1.165, 1.54) is 4.57 Å². The number of aromatic nitrogens is 2. The van der Waals surface area contributed by atoms with E-state index in [1.807, 2.05) is 18.2 Å². The number of fused-ring (bicyclic) bond motifs is 1. The van der Waals surface area contributed by atoms with Crippen LogP contribution in [-0.2, 0) is 17.9 Å². The van der Waals surface area contributed by atoms with Crippen LogP contribution in [0.4, 0.5) is 5.69 Å². The first-order valence-electron chi connectivity index (χ1n) is 9.34. The highest BCUT2D eigenvalue weighted by atomic mass is 35.5. The summed E-state index contributed by atoms with van der Waals surface area (Å²) in [5.74, 6) is -0.356. The van der Waals surface area contributed by atoms with E-state index in [1.54, 1.807) is 60.7 Å². The summed E-state index contributed by atoms with van der Waals surface area (Å²) in [4.78, 5) is 38.8. The zero-order valence-electron chi connectivity index (χ0n) is 15.9. The molecule has 0 spiro atoms. The van der Waals surface area contributed by atoms with Crippen LogP contribution in [0.15, 0.2) is 88.5 Å². The lowest BCUT2D eigenvalue weighted by molar-refractivity contribution is -0.116. The Labute approximate surface area is 177 Å². The summed E-state index contributed by atoms with van der Waals surface area (Å²) in [6.07, 6.45) is 0. The fourth-order valence-electron chi connectivity index (χ4n) is 3.30. The molecule has 1 heterocycles. The van der Waals surface area contributed by atoms with Gasteiger partial charge in [0.2, 0.25) is 5.91 Å². The summed E-state index contributed by atoms with van der Waals surface area (Å²) in [7, 11) is 0. The van der Waals surface area contributed by atoms with Crippen molar-refractivity contribution in [2.75, 3.05) is 5.32 Å². The second kappa shape index (κ2) is 8.39. The Morgan fingerprint density at radius 1 is 0.833 bits per heavy atom. The lowest BCUT2D eigenvalue weighted by Crippen LogP contribution is -2.42. The lowest BCUT2D eigenvalue weighted by atomic mass is 10.2. The summed E-state index contributed by atoms with van der Waals surface area (Å²) in [6, 6.07) is 22.7. The molecule has 1 aromatic heterocycles. The number of para-hydroxylation sites is 2. The highest BCUT2D eigenvalue weighted by Gasteiger charge is 2.15. The van der Waals surface area contributed by atoms with Crippen molar-refractivity contribution in [2.24, 2.45) is 0 Å². The third-order valence-electron chi connectivity index (χ3n) is 4.75. The predicted octanol–water partition coefficient (Wildman–Crippen LogP) is 3.50. The molecule has 6 nitrogen and oxygen atoms in total. The highest BCUT2D eigenvalue weighted by molar-refractivity contribution is 6.30. The molecule has 1 N–H and O–H groups in total. The van der Waals surface area contributed by atoms with E-state index in [2.05, 4.69) is 5.32 Å². The van der Waals surface area contributed by atoms with Crippen molar-refractivity contribution in [3.63, 3.8) is 0 Å². The van der Waals surface area contributed by atoms with Crippen LogP contribution in [0.25, 0.3) is 10.9 Å². The van der Waals surface area contributed by atoms with E-state index in [9.17, 15) is 14.4 Å². The van der Waals surface area contributed by atoms with Crippen LogP contribution in [0.1, 0.15) is 5.56 Å². The smallest absolute Gasteiger partial charge is 0.325 e. The van der Waals surface area contributed by atoms with Crippen LogP contribution in [0.2, 0.25) is 5.02 Å². The fraction of sp³-hybridized carbons (Fsp3) is 0.0870. The van der Waals surface area contributed by atoms with E-state index in [0.717, 1.165) is 10.1 Å². The van der Waals surface area contributed by atoms with Crippen LogP contribution in [0.5, 0.6) is 0 Å². The zero-order valence-corrected chi connectivity index (χ0v) is 16.7. The number of carbonyl (C=O) groups is 1. The van der Waals surface area contributed by atoms with Gasteiger partial charge in [-0.15, -0.1) is 0 Å². The van der Waals surface area contributed by atoms with Gasteiger partial charge in [-0.3, -0.25) is 18.7 Å². The van der Waals surface area contributed by atoms with Crippen LogP contribution < -0.4 is 16.6 Å². The number of carbonyl (C=O) groups excluding carboxylic acids is 1. The van der Waals surface area contributed by atoms with Crippen LogP contribution >= 0.6 is 11.6 Å². The van der Waals surface area contributed by atoms with E-state index < -0.39 is 11.2 Å². The summed E-state index contributed by atoms with van der Waals surface area (Å²) in [5.41, 5.74) is 0.869. The standard InChI is InChI=1S/C23H18ClN3O3/c24-17-12-10-16(11-13-17)14-27-22(29)19-8-4-5-9-20(19)26(23(27)30)15-21(28)25-18-6-2-1-3-7-18/h1-13H,14-15H2,(H,25,28). The second-order valence-electron chi connectivity index (χ2n) is 6.82. The predicted molar refractivity (Wildman–Crippen MR) is 118 cm³/mol. The number of benzene rings is 3. The maximum absolute atomic E-state index is 13.2. The zero-order chi connectivity index (χ0) is 21.1. The van der Waals surface area contributed by atoms with Crippen molar-refractivity contribution < 1.29 is 4.79 Å². The molecule has 0 aliphatic rings. The van der Waals surface area contributed by atoms with E-state index in [4.69, 9.17) is 11.6 Å². The van der Waals surface area contributed by atoms with Gasteiger partial charge in [0.15, 0.2) is 0 Å². The Bertz CT molecular complexity index is 1330. The maximum Gasteiger partial charge on any atom is 0.332 e. The maximum atomic E-state index is 13.2. The first kappa shape index (κ1) is 19.7. The van der Waals surface area contributed by atoms with E-state index in [-0.39, 0.29) is 19.0 Å². The topological polar surface area (TPSA) is 73.1 Å². The summed E-state index contributed by atoms with van der Waals surface area (Å²) in [5, 5.41) is 3.71. The number of nitrogens with zero attached hydrogens (tertiary/aromatic N) is 2. The molecule has 1 amide bonds. The van der Waals surface area contributed by atoms with Crippen molar-refractivity contribution >= 4 is 34.1 Å². The number of hydrogen-bond acceptors (Lipinski definition) is 3. The van der Waals surface area contributed by atoms with Crippen molar-refractivity contribution in [1.29, 1.82) is 0 Å². The number of nitrogens with one attached hydrogen (secondary N) is 1. The lowest BCUT2D eigenvalue weighted by Gasteiger charge is -2.14. The molecule has 0 unspecified atom stereocenters. The van der Waals surface area contributed by atoms with Crippen LogP contribution in [-0.4, -0.2) is 15.0 Å². The average Bonchev–Trinajstić information content (AvgIpc) is 2.76. The van der Waals surface area contributed by atoms with Gasteiger partial charge >= 0.3 is 5.69 Å². The van der Waals surface area contributed by atoms with Gasteiger partial charge in [-0.25, -0.2) is 4.79 Å². The molecule has 4 aromatic rings. The SMILES string of the molecule is O=C(Cn1c(=O)n(Cc2ccc(Cl)cc2)c(=O)c2ccccc21)Nc1ccccc1. The van der Waals surface area contributed by atoms with Crippen molar-refractivity contribution in [2.45, 2.75) is 13.1 Å². The Kier molecular flexibility index (Phi) is 5.50. The Hall–Kier alpha value is -3.64. The third kappa shape index (κ3) is 4.04. The molecule has 0 bridgehead atoms. The van der Waals surface area contributed by atoms with E-state index in [0.29, 0.717) is 21.6 Å². The minimum absolute atomic E-state index is 0.0833. The molecule has 150 valence electrons. The molecule has 30 heavy (non-hydrogen) atoms. The number of anilines is 1. The molecule has 0 aliphatic carbocycles. The molecule has 4 rings (SSSR count). The molecular weight excluding hydrogens is 402 g/mol. The fourth-order valence-corrected chi connectivity index (χ4v) is 3.43. The summed E-state index contributed by atoms with van der Waals surface area (Å²) >= 11 is 5.93. The van der Waals surface area contributed by atoms with Crippen molar-refractivity contribution in [1.82, 2.24) is 9.13 Å². The number of halogens is 1. The van der Waals surface area contributed by atoms with Gasteiger partial charge in [0.25, 0.3) is 5.56 Å². The highest BCUT2D eigenvalue weighted by Crippen LogP contribution is 2.12. The Morgan fingerprint density at radius 2 is 1.50 bits per heavy atom. The molecule has 0 radical (unpaired) electrons. The van der Waals surface area contributed by atoms with Gasteiger partial charge in [-0.05, 0) is 42.0 Å². The molecule has 7 heteroatoms. The molecular formula is C23H18ClN3O3. The normalized spacial score (nSPS) is 10.8. The summed E-state index contributed by atoms with van der Waals surface area (Å²) < 4.78 is 2.46. The van der Waals surface area contributed by atoms with Gasteiger partial charge in [-0.1, -0.05) is 54.1 Å². The molecule has 0 saturated heterocycles. The molecule has 3 aromatic carbocycles. The van der Waals surface area contributed by atoms with Gasteiger partial charge in [0, 0.05) is 10.7 Å². The quantitative estimate of drug-likeness (QED) is 0.538. The minimum Gasteiger partial charge on any atom is -0.325 e. The molecule has 0 aliphatic heterocycles. The minimum atomic E-state index is -0.545. The van der Waals surface area contributed by atoms with Crippen molar-refractivity contribution in [3.05, 3.63) is 110 Å². The van der Waals surface area contributed by atoms with Crippen molar-refractivity contribution in [3.8, 4) is 0 Å². The van der Waals surface area contributed by atoms with Gasteiger partial charge in [0.05, 0.1) is 17.4 Å². The van der Waals surface area contributed by atoms with Crippen LogP contribution in [0.3, 0.4) is 0 Å².